The Hall–Kier alpha value is -2.91. The van der Waals surface area contributed by atoms with Gasteiger partial charge in [-0.1, -0.05) is 12.1 Å². The van der Waals surface area contributed by atoms with Crippen molar-refractivity contribution in [3.8, 4) is 11.3 Å². The Morgan fingerprint density at radius 1 is 1.23 bits per heavy atom. The lowest BCUT2D eigenvalue weighted by molar-refractivity contribution is -0.125. The van der Waals surface area contributed by atoms with Crippen LogP contribution < -0.4 is 5.32 Å². The molecule has 3 aromatic rings. The van der Waals surface area contributed by atoms with Gasteiger partial charge in [0.15, 0.2) is 0 Å². The molecule has 0 unspecified atom stereocenters. The molecule has 5 rings (SSSR count). The van der Waals surface area contributed by atoms with Gasteiger partial charge in [0.2, 0.25) is 5.91 Å². The summed E-state index contributed by atoms with van der Waals surface area (Å²) in [6.07, 6.45) is 7.03. The number of hydrogen-bond acceptors (Lipinski definition) is 7. The molecule has 5 heterocycles. The first kappa shape index (κ1) is 20.0. The number of aromatic nitrogens is 5. The van der Waals surface area contributed by atoms with Crippen molar-refractivity contribution in [3.63, 3.8) is 0 Å². The number of ether oxygens (including phenoxy) is 1. The number of piperidine rings is 1. The van der Waals surface area contributed by atoms with E-state index in [2.05, 4.69) is 37.4 Å². The van der Waals surface area contributed by atoms with Crippen molar-refractivity contribution in [3.05, 3.63) is 30.7 Å². The minimum absolute atomic E-state index is 0.0169. The van der Waals surface area contributed by atoms with Crippen LogP contribution in [0.3, 0.4) is 0 Å². The molecular formula is C22H27N7O2. The third-order valence-electron chi connectivity index (χ3n) is 6.18. The quantitative estimate of drug-likeness (QED) is 0.674. The molecule has 2 aliphatic heterocycles. The number of carbonyl (C=O) groups excluding carboxylic acids is 1. The van der Waals surface area contributed by atoms with Crippen LogP contribution in [0.4, 0.5) is 5.82 Å². The molecule has 9 nitrogen and oxygen atoms in total. The Bertz CT molecular complexity index is 1100. The predicted octanol–water partition coefficient (Wildman–Crippen LogP) is 2.11. The second kappa shape index (κ2) is 7.97. The lowest BCUT2D eigenvalue weighted by atomic mass is 9.86. The SMILES string of the molecule is Cn1cc(-c2cnc3cnc(NC(=O)C4CCN(CC5(C)COC5)CC4)cc3c2)nn1. The number of pyridine rings is 2. The maximum absolute atomic E-state index is 12.8. The molecule has 3 aromatic heterocycles. The Morgan fingerprint density at radius 3 is 2.71 bits per heavy atom. The maximum Gasteiger partial charge on any atom is 0.228 e. The van der Waals surface area contributed by atoms with E-state index in [0.717, 1.165) is 67.8 Å². The van der Waals surface area contributed by atoms with Gasteiger partial charge in [0.25, 0.3) is 0 Å². The fourth-order valence-electron chi connectivity index (χ4n) is 4.38. The van der Waals surface area contributed by atoms with E-state index in [9.17, 15) is 4.79 Å². The average molecular weight is 422 g/mol. The number of aryl methyl sites for hydroxylation is 1. The van der Waals surface area contributed by atoms with Crippen molar-refractivity contribution in [2.24, 2.45) is 18.4 Å². The van der Waals surface area contributed by atoms with Gasteiger partial charge < -0.3 is 15.0 Å². The van der Waals surface area contributed by atoms with E-state index in [4.69, 9.17) is 4.74 Å². The zero-order valence-electron chi connectivity index (χ0n) is 17.9. The highest BCUT2D eigenvalue weighted by atomic mass is 16.5. The van der Waals surface area contributed by atoms with Crippen molar-refractivity contribution in [2.75, 3.05) is 38.2 Å². The van der Waals surface area contributed by atoms with Crippen LogP contribution in [0.15, 0.2) is 30.7 Å². The Balaban J connectivity index is 1.23. The van der Waals surface area contributed by atoms with Gasteiger partial charge in [-0.25, -0.2) is 4.98 Å². The molecule has 2 saturated heterocycles. The molecule has 0 aliphatic carbocycles. The zero-order valence-corrected chi connectivity index (χ0v) is 17.9. The summed E-state index contributed by atoms with van der Waals surface area (Å²) in [5.74, 6) is 0.614. The molecule has 0 atom stereocenters. The molecule has 0 spiro atoms. The molecule has 1 N–H and O–H groups in total. The summed E-state index contributed by atoms with van der Waals surface area (Å²) in [7, 11) is 1.83. The summed E-state index contributed by atoms with van der Waals surface area (Å²) in [5, 5.41) is 12.0. The van der Waals surface area contributed by atoms with Crippen molar-refractivity contribution in [1.82, 2.24) is 29.9 Å². The van der Waals surface area contributed by atoms with Crippen LogP contribution >= 0.6 is 0 Å². The highest BCUT2D eigenvalue weighted by molar-refractivity contribution is 5.94. The van der Waals surface area contributed by atoms with E-state index in [-0.39, 0.29) is 17.2 Å². The lowest BCUT2D eigenvalue weighted by Gasteiger charge is -2.43. The second-order valence-corrected chi connectivity index (χ2v) is 9.11. The minimum Gasteiger partial charge on any atom is -0.380 e. The summed E-state index contributed by atoms with van der Waals surface area (Å²) >= 11 is 0. The molecule has 162 valence electrons. The van der Waals surface area contributed by atoms with Crippen LogP contribution in [0.1, 0.15) is 19.8 Å². The lowest BCUT2D eigenvalue weighted by Crippen LogP contribution is -2.51. The minimum atomic E-state index is 0.0169. The predicted molar refractivity (Wildman–Crippen MR) is 116 cm³/mol. The van der Waals surface area contributed by atoms with E-state index >= 15 is 0 Å². The highest BCUT2D eigenvalue weighted by Crippen LogP contribution is 2.30. The monoisotopic (exact) mass is 421 g/mol. The Labute approximate surface area is 180 Å². The Kier molecular flexibility index (Phi) is 5.15. The molecule has 2 aliphatic rings. The van der Waals surface area contributed by atoms with E-state index < -0.39 is 0 Å². The molecule has 2 fully saturated rings. The van der Waals surface area contributed by atoms with Crippen molar-refractivity contribution < 1.29 is 9.53 Å². The first-order valence-corrected chi connectivity index (χ1v) is 10.7. The first-order valence-electron chi connectivity index (χ1n) is 10.7. The summed E-state index contributed by atoms with van der Waals surface area (Å²) in [6.45, 7) is 6.90. The van der Waals surface area contributed by atoms with Crippen LogP contribution in [-0.2, 0) is 16.6 Å². The largest absolute Gasteiger partial charge is 0.380 e. The van der Waals surface area contributed by atoms with Crippen LogP contribution in [0.5, 0.6) is 0 Å². The van der Waals surface area contributed by atoms with Gasteiger partial charge in [0.1, 0.15) is 11.5 Å². The number of likely N-dealkylation sites (tertiary alicyclic amines) is 1. The normalized spacial score (nSPS) is 19.3. The molecule has 0 saturated carbocycles. The number of fused-ring (bicyclic) bond motifs is 1. The fourth-order valence-corrected chi connectivity index (χ4v) is 4.38. The fraction of sp³-hybridized carbons (Fsp3) is 0.500. The van der Waals surface area contributed by atoms with Gasteiger partial charge in [-0.3, -0.25) is 14.5 Å². The molecule has 0 aromatic carbocycles. The number of anilines is 1. The van der Waals surface area contributed by atoms with Gasteiger partial charge in [-0.15, -0.1) is 5.10 Å². The van der Waals surface area contributed by atoms with E-state index in [1.807, 2.05) is 25.4 Å². The molecule has 9 heteroatoms. The molecule has 31 heavy (non-hydrogen) atoms. The number of hydrogen-bond donors (Lipinski definition) is 1. The first-order chi connectivity index (χ1) is 15.0. The topological polar surface area (TPSA) is 98.1 Å². The van der Waals surface area contributed by atoms with Gasteiger partial charge in [-0.2, -0.15) is 0 Å². The average Bonchev–Trinajstić information content (AvgIpc) is 3.19. The van der Waals surface area contributed by atoms with E-state index in [1.165, 1.54) is 0 Å². The second-order valence-electron chi connectivity index (χ2n) is 9.11. The van der Waals surface area contributed by atoms with E-state index in [0.29, 0.717) is 5.82 Å². The number of carbonyl (C=O) groups is 1. The molecule has 0 bridgehead atoms. The number of nitrogens with zero attached hydrogens (tertiary/aromatic N) is 6. The van der Waals surface area contributed by atoms with Crippen molar-refractivity contribution >= 4 is 22.6 Å². The van der Waals surface area contributed by atoms with Gasteiger partial charge >= 0.3 is 0 Å². The van der Waals surface area contributed by atoms with Crippen LogP contribution in [0.25, 0.3) is 22.2 Å². The number of nitrogens with one attached hydrogen (secondary N) is 1. The van der Waals surface area contributed by atoms with Crippen LogP contribution in [0, 0.1) is 11.3 Å². The zero-order chi connectivity index (χ0) is 21.4. The van der Waals surface area contributed by atoms with Crippen LogP contribution in [0.2, 0.25) is 0 Å². The maximum atomic E-state index is 12.8. The standard InChI is InChI=1S/C22H27N7O2/c1-22(13-31-14-22)12-29-5-3-15(4-6-29)21(30)25-20-8-16-7-17(9-23-18(16)10-24-20)19-11-28(2)27-26-19/h7-11,15H,3-6,12-14H2,1-2H3,(H,24,25,30). The van der Waals surface area contributed by atoms with Crippen molar-refractivity contribution in [1.29, 1.82) is 0 Å². The van der Waals surface area contributed by atoms with Gasteiger partial charge in [0, 0.05) is 42.1 Å². The third kappa shape index (κ3) is 4.28. The smallest absolute Gasteiger partial charge is 0.228 e. The van der Waals surface area contributed by atoms with Crippen LogP contribution in [-0.4, -0.2) is 68.6 Å². The Morgan fingerprint density at radius 2 is 2.03 bits per heavy atom. The number of rotatable bonds is 5. The third-order valence-corrected chi connectivity index (χ3v) is 6.18. The summed E-state index contributed by atoms with van der Waals surface area (Å²) in [6, 6.07) is 3.86. The van der Waals surface area contributed by atoms with Crippen molar-refractivity contribution in [2.45, 2.75) is 19.8 Å². The van der Waals surface area contributed by atoms with Gasteiger partial charge in [0.05, 0.1) is 31.1 Å². The molecule has 0 radical (unpaired) electrons. The molecular weight excluding hydrogens is 394 g/mol. The highest BCUT2D eigenvalue weighted by Gasteiger charge is 2.36. The number of amides is 1. The summed E-state index contributed by atoms with van der Waals surface area (Å²) < 4.78 is 7.02. The van der Waals surface area contributed by atoms with Gasteiger partial charge in [-0.05, 0) is 38.1 Å². The summed E-state index contributed by atoms with van der Waals surface area (Å²) in [4.78, 5) is 24.1. The summed E-state index contributed by atoms with van der Waals surface area (Å²) in [5.41, 5.74) is 2.69. The molecule has 1 amide bonds. The van der Waals surface area contributed by atoms with E-state index in [1.54, 1.807) is 17.1 Å².